The fourth-order valence-corrected chi connectivity index (χ4v) is 5.13. The number of aromatic nitrogens is 2. The summed E-state index contributed by atoms with van der Waals surface area (Å²) in [6.07, 6.45) is 0.857. The minimum atomic E-state index is 0.0171. The molecule has 0 bridgehead atoms. The number of nitrogens with zero attached hydrogens (tertiary/aromatic N) is 3. The van der Waals surface area contributed by atoms with Crippen molar-refractivity contribution in [1.29, 1.82) is 0 Å². The van der Waals surface area contributed by atoms with Gasteiger partial charge < -0.3 is 18.9 Å². The Morgan fingerprint density at radius 1 is 0.971 bits per heavy atom. The lowest BCUT2D eigenvalue weighted by atomic mass is 10.1. The van der Waals surface area contributed by atoms with E-state index in [1.54, 1.807) is 26.0 Å². The first kappa shape index (κ1) is 22.0. The van der Waals surface area contributed by atoms with E-state index in [-0.39, 0.29) is 5.91 Å². The highest BCUT2D eigenvalue weighted by molar-refractivity contribution is 7.99. The number of benzene rings is 3. The van der Waals surface area contributed by atoms with E-state index in [0.29, 0.717) is 40.9 Å². The van der Waals surface area contributed by atoms with Gasteiger partial charge in [0.25, 0.3) is 11.8 Å². The van der Waals surface area contributed by atoms with Gasteiger partial charge in [-0.05, 0) is 48.9 Å². The van der Waals surface area contributed by atoms with Crippen LogP contribution in [0, 0.1) is 0 Å². The van der Waals surface area contributed by atoms with E-state index in [1.807, 2.05) is 65.6 Å². The zero-order valence-corrected chi connectivity index (χ0v) is 19.9. The molecule has 0 saturated heterocycles. The fourth-order valence-electron chi connectivity index (χ4n) is 4.01. The van der Waals surface area contributed by atoms with E-state index in [1.165, 1.54) is 0 Å². The molecule has 0 N–H and O–H groups in total. The van der Waals surface area contributed by atoms with Crippen molar-refractivity contribution in [3.63, 3.8) is 0 Å². The third-order valence-corrected chi connectivity index (χ3v) is 6.72. The van der Waals surface area contributed by atoms with Crippen LogP contribution in [0.25, 0.3) is 22.8 Å². The second-order valence-electron chi connectivity index (χ2n) is 7.70. The van der Waals surface area contributed by atoms with Crippen molar-refractivity contribution in [2.75, 3.05) is 25.7 Å². The van der Waals surface area contributed by atoms with Gasteiger partial charge in [0.2, 0.25) is 5.82 Å². The highest BCUT2D eigenvalue weighted by atomic mass is 32.2. The first-order chi connectivity index (χ1) is 16.6. The van der Waals surface area contributed by atoms with Crippen LogP contribution in [0.3, 0.4) is 0 Å². The van der Waals surface area contributed by atoms with Crippen molar-refractivity contribution in [1.82, 2.24) is 10.1 Å². The van der Waals surface area contributed by atoms with Gasteiger partial charge in [-0.15, -0.1) is 0 Å². The van der Waals surface area contributed by atoms with Crippen molar-refractivity contribution < 1.29 is 18.8 Å². The van der Waals surface area contributed by atoms with E-state index in [2.05, 4.69) is 17.1 Å². The Bertz CT molecular complexity index is 1370. The number of carbonyl (C=O) groups is 1. The Morgan fingerprint density at radius 2 is 1.79 bits per heavy atom. The number of anilines is 1. The summed E-state index contributed by atoms with van der Waals surface area (Å²) in [5, 5.41) is 4.21. The second kappa shape index (κ2) is 9.23. The molecule has 1 aromatic heterocycles. The molecule has 1 aliphatic rings. The van der Waals surface area contributed by atoms with Gasteiger partial charge in [0.1, 0.15) is 0 Å². The molecule has 0 saturated carbocycles. The molecule has 0 aliphatic carbocycles. The molecule has 5 rings (SSSR count). The number of methoxy groups -OCH3 is 2. The van der Waals surface area contributed by atoms with Crippen LogP contribution in [-0.2, 0) is 0 Å². The SMILES string of the molecule is CCCN1C(=O)c2ccccc2Sc2cc(-c3noc(-c4cccc(OC)c4OC)n3)ccc21. The number of rotatable bonds is 6. The van der Waals surface area contributed by atoms with Crippen LogP contribution in [0.5, 0.6) is 11.5 Å². The van der Waals surface area contributed by atoms with Crippen molar-refractivity contribution in [2.24, 2.45) is 0 Å². The van der Waals surface area contributed by atoms with E-state index in [4.69, 9.17) is 14.0 Å². The molecule has 0 fully saturated rings. The summed E-state index contributed by atoms with van der Waals surface area (Å²) in [6, 6.07) is 19.1. The monoisotopic (exact) mass is 473 g/mol. The van der Waals surface area contributed by atoms with Gasteiger partial charge in [-0.1, -0.05) is 42.0 Å². The first-order valence-electron chi connectivity index (χ1n) is 10.9. The molecule has 0 unspecified atom stereocenters. The molecule has 0 atom stereocenters. The minimum absolute atomic E-state index is 0.0171. The number of hydrogen-bond donors (Lipinski definition) is 0. The molecule has 7 nitrogen and oxygen atoms in total. The van der Waals surface area contributed by atoms with E-state index < -0.39 is 0 Å². The van der Waals surface area contributed by atoms with Crippen LogP contribution in [-0.4, -0.2) is 36.8 Å². The minimum Gasteiger partial charge on any atom is -0.493 e. The van der Waals surface area contributed by atoms with Gasteiger partial charge in [-0.2, -0.15) is 4.98 Å². The van der Waals surface area contributed by atoms with Crippen LogP contribution in [0.4, 0.5) is 5.69 Å². The standard InChI is InChI=1S/C26H23N3O4S/c1-4-14-29-19-13-12-16(15-22(19)34-21-11-6-5-8-17(21)26(29)30)24-27-25(33-28-24)18-9-7-10-20(31-2)23(18)32-3/h5-13,15H,4,14H2,1-3H3. The summed E-state index contributed by atoms with van der Waals surface area (Å²) in [5.41, 5.74) is 3.05. The molecule has 2 heterocycles. The predicted molar refractivity (Wildman–Crippen MR) is 131 cm³/mol. The number of hydrogen-bond acceptors (Lipinski definition) is 7. The van der Waals surface area contributed by atoms with Crippen molar-refractivity contribution in [3.05, 3.63) is 66.2 Å². The maximum absolute atomic E-state index is 13.3. The molecule has 0 radical (unpaired) electrons. The van der Waals surface area contributed by atoms with Crippen molar-refractivity contribution in [2.45, 2.75) is 23.1 Å². The number of ether oxygens (including phenoxy) is 2. The maximum Gasteiger partial charge on any atom is 0.262 e. The number of para-hydroxylation sites is 1. The molecule has 0 spiro atoms. The van der Waals surface area contributed by atoms with Crippen molar-refractivity contribution >= 4 is 23.4 Å². The second-order valence-corrected chi connectivity index (χ2v) is 8.79. The zero-order valence-electron chi connectivity index (χ0n) is 19.1. The number of amides is 1. The highest BCUT2D eigenvalue weighted by Gasteiger charge is 2.27. The summed E-state index contributed by atoms with van der Waals surface area (Å²) in [6.45, 7) is 2.71. The molecule has 1 aliphatic heterocycles. The van der Waals surface area contributed by atoms with Gasteiger partial charge >= 0.3 is 0 Å². The van der Waals surface area contributed by atoms with E-state index in [0.717, 1.165) is 27.5 Å². The molecule has 172 valence electrons. The summed E-state index contributed by atoms with van der Waals surface area (Å²) in [7, 11) is 3.16. The maximum atomic E-state index is 13.3. The Balaban J connectivity index is 1.56. The summed E-state index contributed by atoms with van der Waals surface area (Å²) < 4.78 is 16.5. The molecular weight excluding hydrogens is 450 g/mol. The molecular formula is C26H23N3O4S. The average molecular weight is 474 g/mol. The highest BCUT2D eigenvalue weighted by Crippen LogP contribution is 2.43. The Kier molecular flexibility index (Phi) is 5.98. The Hall–Kier alpha value is -3.78. The Morgan fingerprint density at radius 3 is 2.59 bits per heavy atom. The van der Waals surface area contributed by atoms with Crippen LogP contribution >= 0.6 is 11.8 Å². The molecule has 8 heteroatoms. The largest absolute Gasteiger partial charge is 0.493 e. The first-order valence-corrected chi connectivity index (χ1v) is 11.7. The lowest BCUT2D eigenvalue weighted by Crippen LogP contribution is -2.31. The van der Waals surface area contributed by atoms with Crippen LogP contribution < -0.4 is 14.4 Å². The number of fused-ring (bicyclic) bond motifs is 2. The third-order valence-electron chi connectivity index (χ3n) is 5.60. The van der Waals surface area contributed by atoms with Crippen LogP contribution in [0.15, 0.2) is 75.0 Å². The summed E-state index contributed by atoms with van der Waals surface area (Å²) in [5.74, 6) is 1.92. The predicted octanol–water partition coefficient (Wildman–Crippen LogP) is 5.94. The van der Waals surface area contributed by atoms with Gasteiger partial charge in [-0.3, -0.25) is 4.79 Å². The van der Waals surface area contributed by atoms with E-state index in [9.17, 15) is 4.79 Å². The number of carbonyl (C=O) groups excluding carboxylic acids is 1. The van der Waals surface area contributed by atoms with Crippen molar-refractivity contribution in [3.8, 4) is 34.3 Å². The quantitative estimate of drug-likeness (QED) is 0.343. The topological polar surface area (TPSA) is 77.7 Å². The van der Waals surface area contributed by atoms with Gasteiger partial charge in [0, 0.05) is 21.9 Å². The third kappa shape index (κ3) is 3.80. The molecule has 3 aromatic carbocycles. The smallest absolute Gasteiger partial charge is 0.262 e. The Labute approximate surface area is 201 Å². The van der Waals surface area contributed by atoms with Gasteiger partial charge in [0.15, 0.2) is 11.5 Å². The summed E-state index contributed by atoms with van der Waals surface area (Å²) in [4.78, 5) is 21.6. The van der Waals surface area contributed by atoms with Gasteiger partial charge in [-0.25, -0.2) is 0 Å². The average Bonchev–Trinajstić information content (AvgIpc) is 3.33. The summed E-state index contributed by atoms with van der Waals surface area (Å²) >= 11 is 1.57. The zero-order chi connectivity index (χ0) is 23.7. The normalized spacial score (nSPS) is 12.7. The molecule has 1 amide bonds. The van der Waals surface area contributed by atoms with E-state index >= 15 is 0 Å². The fraction of sp³-hybridized carbons (Fsp3) is 0.192. The lowest BCUT2D eigenvalue weighted by molar-refractivity contribution is 0.0984. The van der Waals surface area contributed by atoms with Crippen LogP contribution in [0.1, 0.15) is 23.7 Å². The lowest BCUT2D eigenvalue weighted by Gasteiger charge is -2.22. The van der Waals surface area contributed by atoms with Gasteiger partial charge in [0.05, 0.1) is 31.0 Å². The molecule has 4 aromatic rings. The molecule has 34 heavy (non-hydrogen) atoms. The van der Waals surface area contributed by atoms with Crippen LogP contribution in [0.2, 0.25) is 0 Å².